The SMILES string of the molecule is CCN(CC)CCNC(=O)Cc1ccn[nH]1. The Bertz CT molecular complexity index is 293. The first kappa shape index (κ1) is 12.7. The number of aromatic amines is 1. The van der Waals surface area contributed by atoms with Crippen molar-refractivity contribution >= 4 is 5.91 Å². The van der Waals surface area contributed by atoms with Gasteiger partial charge in [-0.2, -0.15) is 5.10 Å². The number of nitrogens with zero attached hydrogens (tertiary/aromatic N) is 2. The molecule has 90 valence electrons. The molecule has 0 aliphatic heterocycles. The molecule has 1 heterocycles. The molecule has 2 N–H and O–H groups in total. The van der Waals surface area contributed by atoms with Gasteiger partial charge in [0.2, 0.25) is 5.91 Å². The molecule has 0 atom stereocenters. The van der Waals surface area contributed by atoms with Crippen molar-refractivity contribution in [3.63, 3.8) is 0 Å². The third kappa shape index (κ3) is 4.44. The molecule has 0 bridgehead atoms. The van der Waals surface area contributed by atoms with Gasteiger partial charge in [0.05, 0.1) is 6.42 Å². The lowest BCUT2D eigenvalue weighted by Gasteiger charge is -2.17. The molecule has 0 aliphatic carbocycles. The molecule has 0 saturated carbocycles. The molecule has 0 radical (unpaired) electrons. The lowest BCUT2D eigenvalue weighted by atomic mass is 10.3. The Balaban J connectivity index is 2.15. The van der Waals surface area contributed by atoms with Crippen LogP contribution in [0.15, 0.2) is 12.3 Å². The van der Waals surface area contributed by atoms with Crippen LogP contribution in [-0.4, -0.2) is 47.2 Å². The maximum Gasteiger partial charge on any atom is 0.226 e. The number of carbonyl (C=O) groups is 1. The molecule has 0 aromatic carbocycles. The van der Waals surface area contributed by atoms with E-state index in [1.165, 1.54) is 0 Å². The summed E-state index contributed by atoms with van der Waals surface area (Å²) in [6.45, 7) is 7.89. The molecule has 1 aromatic rings. The highest BCUT2D eigenvalue weighted by Crippen LogP contribution is 1.92. The number of H-pyrrole nitrogens is 1. The smallest absolute Gasteiger partial charge is 0.226 e. The quantitative estimate of drug-likeness (QED) is 0.705. The second-order valence-electron chi connectivity index (χ2n) is 3.64. The van der Waals surface area contributed by atoms with Crippen molar-refractivity contribution in [2.24, 2.45) is 0 Å². The molecule has 16 heavy (non-hydrogen) atoms. The topological polar surface area (TPSA) is 61.0 Å². The van der Waals surface area contributed by atoms with Crippen molar-refractivity contribution < 1.29 is 4.79 Å². The second kappa shape index (κ2) is 7.00. The monoisotopic (exact) mass is 224 g/mol. The van der Waals surface area contributed by atoms with Gasteiger partial charge in [-0.25, -0.2) is 0 Å². The zero-order valence-electron chi connectivity index (χ0n) is 9.99. The molecule has 0 unspecified atom stereocenters. The summed E-state index contributed by atoms with van der Waals surface area (Å²) < 4.78 is 0. The number of carbonyl (C=O) groups excluding carboxylic acids is 1. The average molecular weight is 224 g/mol. The first-order chi connectivity index (χ1) is 7.76. The Morgan fingerprint density at radius 3 is 2.81 bits per heavy atom. The Kier molecular flexibility index (Phi) is 5.56. The van der Waals surface area contributed by atoms with Gasteiger partial charge in [-0.3, -0.25) is 9.89 Å². The predicted molar refractivity (Wildman–Crippen MR) is 63.1 cm³/mol. The molecule has 0 saturated heterocycles. The summed E-state index contributed by atoms with van der Waals surface area (Å²) in [5.41, 5.74) is 0.848. The fourth-order valence-electron chi connectivity index (χ4n) is 1.51. The van der Waals surface area contributed by atoms with E-state index in [4.69, 9.17) is 0 Å². The van der Waals surface area contributed by atoms with Gasteiger partial charge in [-0.05, 0) is 19.2 Å². The molecule has 1 rings (SSSR count). The van der Waals surface area contributed by atoms with Crippen molar-refractivity contribution in [1.29, 1.82) is 0 Å². The molecule has 0 aliphatic rings. The summed E-state index contributed by atoms with van der Waals surface area (Å²) in [5, 5.41) is 9.46. The van der Waals surface area contributed by atoms with Crippen molar-refractivity contribution in [3.8, 4) is 0 Å². The number of hydrogen-bond acceptors (Lipinski definition) is 3. The van der Waals surface area contributed by atoms with Crippen LogP contribution >= 0.6 is 0 Å². The molecule has 1 amide bonds. The van der Waals surface area contributed by atoms with E-state index in [0.29, 0.717) is 13.0 Å². The van der Waals surface area contributed by atoms with Crippen molar-refractivity contribution in [2.75, 3.05) is 26.2 Å². The Morgan fingerprint density at radius 2 is 2.25 bits per heavy atom. The molecule has 0 fully saturated rings. The van der Waals surface area contributed by atoms with E-state index in [1.807, 2.05) is 6.07 Å². The summed E-state index contributed by atoms with van der Waals surface area (Å²) in [4.78, 5) is 13.8. The number of amides is 1. The van der Waals surface area contributed by atoms with Crippen molar-refractivity contribution in [3.05, 3.63) is 18.0 Å². The fourth-order valence-corrected chi connectivity index (χ4v) is 1.51. The Hall–Kier alpha value is -1.36. The number of hydrogen-bond donors (Lipinski definition) is 2. The molecular formula is C11H20N4O. The largest absolute Gasteiger partial charge is 0.354 e. The average Bonchev–Trinajstić information content (AvgIpc) is 2.77. The molecule has 5 heteroatoms. The van der Waals surface area contributed by atoms with Crippen LogP contribution in [0.4, 0.5) is 0 Å². The Morgan fingerprint density at radius 1 is 1.50 bits per heavy atom. The maximum atomic E-state index is 11.5. The van der Waals surface area contributed by atoms with Crippen LogP contribution in [0.2, 0.25) is 0 Å². The van der Waals surface area contributed by atoms with E-state index < -0.39 is 0 Å². The molecule has 5 nitrogen and oxygen atoms in total. The third-order valence-electron chi connectivity index (χ3n) is 2.55. The molecule has 1 aromatic heterocycles. The van der Waals surface area contributed by atoms with E-state index in [0.717, 1.165) is 25.3 Å². The zero-order valence-corrected chi connectivity index (χ0v) is 9.99. The molecular weight excluding hydrogens is 204 g/mol. The number of likely N-dealkylation sites (N-methyl/N-ethyl adjacent to an activating group) is 1. The lowest BCUT2D eigenvalue weighted by Crippen LogP contribution is -2.35. The number of aromatic nitrogens is 2. The summed E-state index contributed by atoms with van der Waals surface area (Å²) >= 11 is 0. The second-order valence-corrected chi connectivity index (χ2v) is 3.64. The minimum atomic E-state index is 0.0383. The summed E-state index contributed by atoms with van der Waals surface area (Å²) in [5.74, 6) is 0.0383. The van der Waals surface area contributed by atoms with Gasteiger partial charge in [-0.1, -0.05) is 13.8 Å². The van der Waals surface area contributed by atoms with E-state index in [9.17, 15) is 4.79 Å². The Labute approximate surface area is 96.2 Å². The van der Waals surface area contributed by atoms with Crippen molar-refractivity contribution in [1.82, 2.24) is 20.4 Å². The predicted octanol–water partition coefficient (Wildman–Crippen LogP) is 0.410. The van der Waals surface area contributed by atoms with Crippen LogP contribution in [0.5, 0.6) is 0 Å². The van der Waals surface area contributed by atoms with Gasteiger partial charge in [0, 0.05) is 25.0 Å². The van der Waals surface area contributed by atoms with Gasteiger partial charge in [-0.15, -0.1) is 0 Å². The minimum absolute atomic E-state index is 0.0383. The highest BCUT2D eigenvalue weighted by molar-refractivity contribution is 5.77. The minimum Gasteiger partial charge on any atom is -0.354 e. The van der Waals surface area contributed by atoms with Crippen LogP contribution in [0.25, 0.3) is 0 Å². The van der Waals surface area contributed by atoms with E-state index in [2.05, 4.69) is 34.3 Å². The van der Waals surface area contributed by atoms with Crippen molar-refractivity contribution in [2.45, 2.75) is 20.3 Å². The van der Waals surface area contributed by atoms with E-state index >= 15 is 0 Å². The zero-order chi connectivity index (χ0) is 11.8. The van der Waals surface area contributed by atoms with Crippen LogP contribution < -0.4 is 5.32 Å². The van der Waals surface area contributed by atoms with Crippen LogP contribution in [0.3, 0.4) is 0 Å². The highest BCUT2D eigenvalue weighted by Gasteiger charge is 2.04. The number of rotatable bonds is 7. The van der Waals surface area contributed by atoms with E-state index in [1.54, 1.807) is 6.20 Å². The summed E-state index contributed by atoms with van der Waals surface area (Å²) in [6, 6.07) is 1.81. The van der Waals surface area contributed by atoms with Gasteiger partial charge >= 0.3 is 0 Å². The molecule has 0 spiro atoms. The van der Waals surface area contributed by atoms with Crippen LogP contribution in [0, 0.1) is 0 Å². The van der Waals surface area contributed by atoms with Gasteiger partial charge < -0.3 is 10.2 Å². The summed E-state index contributed by atoms with van der Waals surface area (Å²) in [7, 11) is 0. The number of nitrogens with one attached hydrogen (secondary N) is 2. The van der Waals surface area contributed by atoms with Crippen LogP contribution in [0.1, 0.15) is 19.5 Å². The third-order valence-corrected chi connectivity index (χ3v) is 2.55. The fraction of sp³-hybridized carbons (Fsp3) is 0.636. The van der Waals surface area contributed by atoms with Gasteiger partial charge in [0.1, 0.15) is 0 Å². The van der Waals surface area contributed by atoms with Gasteiger partial charge in [0.25, 0.3) is 0 Å². The van der Waals surface area contributed by atoms with E-state index in [-0.39, 0.29) is 5.91 Å². The van der Waals surface area contributed by atoms with Gasteiger partial charge in [0.15, 0.2) is 0 Å². The van der Waals surface area contributed by atoms with Crippen LogP contribution in [-0.2, 0) is 11.2 Å². The highest BCUT2D eigenvalue weighted by atomic mass is 16.1. The first-order valence-corrected chi connectivity index (χ1v) is 5.73. The summed E-state index contributed by atoms with van der Waals surface area (Å²) in [6.07, 6.45) is 2.02. The lowest BCUT2D eigenvalue weighted by molar-refractivity contribution is -0.120. The standard InChI is InChI=1S/C11H20N4O/c1-3-15(4-2)8-7-12-11(16)9-10-5-6-13-14-10/h5-6H,3-4,7-9H2,1-2H3,(H,12,16)(H,13,14). The maximum absolute atomic E-state index is 11.5. The normalized spacial score (nSPS) is 10.7. The first-order valence-electron chi connectivity index (χ1n) is 5.73.